The fourth-order valence-corrected chi connectivity index (χ4v) is 5.61. The lowest BCUT2D eigenvalue weighted by atomic mass is 10.5. The first-order valence-electron chi connectivity index (χ1n) is 4.63. The van der Waals surface area contributed by atoms with Crippen molar-refractivity contribution >= 4 is 51.7 Å². The van der Waals surface area contributed by atoms with Gasteiger partial charge in [-0.1, -0.05) is 24.4 Å². The molecule has 0 spiro atoms. The van der Waals surface area contributed by atoms with Crippen LogP contribution in [0.4, 0.5) is 0 Å². The van der Waals surface area contributed by atoms with Crippen LogP contribution in [0.15, 0.2) is 40.5 Å². The molecular weight excluding hydrogens is 276 g/mol. The Labute approximate surface area is 112 Å². The van der Waals surface area contributed by atoms with Gasteiger partial charge in [0.2, 0.25) is 5.12 Å². The molecular formula is C11H10OS4. The quantitative estimate of drug-likeness (QED) is 0.757. The van der Waals surface area contributed by atoms with Gasteiger partial charge in [0.05, 0.1) is 4.58 Å². The minimum absolute atomic E-state index is 0.0473. The summed E-state index contributed by atoms with van der Waals surface area (Å²) in [5.41, 5.74) is 0. The summed E-state index contributed by atoms with van der Waals surface area (Å²) in [6.07, 6.45) is 1.37. The number of hydrogen-bond acceptors (Lipinski definition) is 5. The zero-order valence-corrected chi connectivity index (χ0v) is 11.7. The van der Waals surface area contributed by atoms with Gasteiger partial charge in [0.1, 0.15) is 0 Å². The average molecular weight is 286 g/mol. The first-order chi connectivity index (χ1) is 7.79. The number of thioether (sulfide) groups is 3. The van der Waals surface area contributed by atoms with Crippen LogP contribution in [0, 0.1) is 0 Å². The topological polar surface area (TPSA) is 17.1 Å². The number of carbonyl (C=O) groups is 1. The van der Waals surface area contributed by atoms with Crippen LogP contribution in [0.5, 0.6) is 0 Å². The third-order valence-corrected chi connectivity index (χ3v) is 6.93. The highest BCUT2D eigenvalue weighted by Gasteiger charge is 2.21. The van der Waals surface area contributed by atoms with E-state index in [1.165, 1.54) is 27.6 Å². The molecule has 84 valence electrons. The van der Waals surface area contributed by atoms with E-state index in [1.54, 1.807) is 11.3 Å². The Morgan fingerprint density at radius 3 is 3.19 bits per heavy atom. The Balaban J connectivity index is 1.83. The smallest absolute Gasteiger partial charge is 0.211 e. The van der Waals surface area contributed by atoms with E-state index in [0.29, 0.717) is 4.58 Å². The summed E-state index contributed by atoms with van der Waals surface area (Å²) >= 11 is 6.78. The van der Waals surface area contributed by atoms with E-state index in [2.05, 4.69) is 29.5 Å². The largest absolute Gasteiger partial charge is 0.282 e. The van der Waals surface area contributed by atoms with Crippen LogP contribution in [0.3, 0.4) is 0 Å². The second kappa shape index (κ2) is 6.00. The highest BCUT2D eigenvalue weighted by molar-refractivity contribution is 8.23. The second-order valence-electron chi connectivity index (χ2n) is 3.00. The number of hydrogen-bond donors (Lipinski definition) is 0. The molecule has 1 atom stereocenters. The van der Waals surface area contributed by atoms with Crippen molar-refractivity contribution in [2.75, 3.05) is 5.75 Å². The fourth-order valence-electron chi connectivity index (χ4n) is 1.15. The summed E-state index contributed by atoms with van der Waals surface area (Å²) in [5, 5.41) is 4.31. The van der Waals surface area contributed by atoms with Gasteiger partial charge in [-0.25, -0.2) is 0 Å². The monoisotopic (exact) mass is 286 g/mol. The molecule has 2 heterocycles. The maximum Gasteiger partial charge on any atom is 0.211 e. The zero-order chi connectivity index (χ0) is 11.4. The number of rotatable bonds is 4. The molecule has 1 aromatic heterocycles. The summed E-state index contributed by atoms with van der Waals surface area (Å²) in [4.78, 5) is 13.8. The van der Waals surface area contributed by atoms with Crippen molar-refractivity contribution < 1.29 is 4.79 Å². The van der Waals surface area contributed by atoms with Crippen LogP contribution in [0.1, 0.15) is 9.46 Å². The Kier molecular flexibility index (Phi) is 4.64. The highest BCUT2D eigenvalue weighted by Crippen LogP contribution is 2.52. The lowest BCUT2D eigenvalue weighted by Crippen LogP contribution is -1.88. The van der Waals surface area contributed by atoms with E-state index in [-0.39, 0.29) is 5.12 Å². The molecule has 5 heteroatoms. The fraction of sp³-hybridized carbons (Fsp3) is 0.182. The van der Waals surface area contributed by atoms with Gasteiger partial charge in [0.15, 0.2) is 0 Å². The zero-order valence-electron chi connectivity index (χ0n) is 8.42. The van der Waals surface area contributed by atoms with Gasteiger partial charge in [0, 0.05) is 15.5 Å². The maximum absolute atomic E-state index is 11.1. The highest BCUT2D eigenvalue weighted by atomic mass is 32.2. The molecule has 1 aromatic rings. The summed E-state index contributed by atoms with van der Waals surface area (Å²) in [6, 6.07) is 4.24. The SMILES string of the molecule is C=CC(=O)SCC1=CSC(c2cccs2)S1. The standard InChI is InChI=1S/C11H10OS4/c1-2-10(12)14-6-8-7-15-11(16-8)9-4-3-5-13-9/h2-5,7,11H,1,6H2. The summed E-state index contributed by atoms with van der Waals surface area (Å²) in [5.74, 6) is 0.768. The summed E-state index contributed by atoms with van der Waals surface area (Å²) in [7, 11) is 0. The first-order valence-corrected chi connectivity index (χ1v) is 8.32. The van der Waals surface area contributed by atoms with Crippen molar-refractivity contribution in [3.63, 3.8) is 0 Å². The van der Waals surface area contributed by atoms with Gasteiger partial charge in [-0.15, -0.1) is 34.9 Å². The molecule has 0 saturated heterocycles. The Hall–Kier alpha value is -0.100. The minimum atomic E-state index is 0.0473. The normalized spacial score (nSPS) is 19.5. The molecule has 16 heavy (non-hydrogen) atoms. The minimum Gasteiger partial charge on any atom is -0.282 e. The van der Waals surface area contributed by atoms with Crippen molar-refractivity contribution in [2.45, 2.75) is 4.58 Å². The van der Waals surface area contributed by atoms with Crippen molar-refractivity contribution in [3.8, 4) is 0 Å². The third kappa shape index (κ3) is 3.20. The van der Waals surface area contributed by atoms with Gasteiger partial charge in [0.25, 0.3) is 0 Å². The van der Waals surface area contributed by atoms with E-state index in [4.69, 9.17) is 0 Å². The van der Waals surface area contributed by atoms with Crippen molar-refractivity contribution in [1.82, 2.24) is 0 Å². The van der Waals surface area contributed by atoms with E-state index in [0.717, 1.165) is 5.75 Å². The van der Waals surface area contributed by atoms with Crippen LogP contribution in [0.2, 0.25) is 0 Å². The lowest BCUT2D eigenvalue weighted by molar-refractivity contribution is -0.107. The second-order valence-corrected chi connectivity index (χ2v) is 7.47. The molecule has 1 aliphatic heterocycles. The Morgan fingerprint density at radius 1 is 1.62 bits per heavy atom. The van der Waals surface area contributed by atoms with Gasteiger partial charge in [-0.2, -0.15) is 0 Å². The molecule has 1 nitrogen and oxygen atoms in total. The molecule has 0 bridgehead atoms. The molecule has 0 N–H and O–H groups in total. The molecule has 2 rings (SSSR count). The molecule has 0 aliphatic carbocycles. The van der Waals surface area contributed by atoms with Gasteiger partial charge in [-0.05, 0) is 22.9 Å². The third-order valence-electron chi connectivity index (χ3n) is 1.88. The van der Waals surface area contributed by atoms with Crippen LogP contribution >= 0.6 is 46.6 Å². The Morgan fingerprint density at radius 2 is 2.50 bits per heavy atom. The molecule has 0 amide bonds. The first kappa shape index (κ1) is 12.4. The molecule has 0 fully saturated rings. The van der Waals surface area contributed by atoms with E-state index in [1.807, 2.05) is 23.5 Å². The predicted octanol–water partition coefficient (Wildman–Crippen LogP) is 4.51. The average Bonchev–Trinajstić information content (AvgIpc) is 2.95. The predicted molar refractivity (Wildman–Crippen MR) is 78.0 cm³/mol. The van der Waals surface area contributed by atoms with Crippen molar-refractivity contribution in [1.29, 1.82) is 0 Å². The number of carbonyl (C=O) groups excluding carboxylic acids is 1. The molecule has 1 aliphatic rings. The van der Waals surface area contributed by atoms with Gasteiger partial charge >= 0.3 is 0 Å². The van der Waals surface area contributed by atoms with Crippen LogP contribution < -0.4 is 0 Å². The molecule has 1 unspecified atom stereocenters. The van der Waals surface area contributed by atoms with Gasteiger partial charge < -0.3 is 0 Å². The molecule has 0 radical (unpaired) electrons. The Bertz CT molecular complexity index is 408. The summed E-state index contributed by atoms with van der Waals surface area (Å²) in [6.45, 7) is 3.46. The van der Waals surface area contributed by atoms with Gasteiger partial charge in [-0.3, -0.25) is 4.79 Å². The van der Waals surface area contributed by atoms with E-state index < -0.39 is 0 Å². The summed E-state index contributed by atoms with van der Waals surface area (Å²) < 4.78 is 0.481. The van der Waals surface area contributed by atoms with Crippen molar-refractivity contribution in [2.24, 2.45) is 0 Å². The lowest BCUT2D eigenvalue weighted by Gasteiger charge is -2.05. The molecule has 0 aromatic carbocycles. The van der Waals surface area contributed by atoms with Crippen molar-refractivity contribution in [3.05, 3.63) is 45.4 Å². The number of thiophene rings is 1. The van der Waals surface area contributed by atoms with E-state index in [9.17, 15) is 4.79 Å². The van der Waals surface area contributed by atoms with Crippen LogP contribution in [0.25, 0.3) is 0 Å². The maximum atomic E-state index is 11.1. The van der Waals surface area contributed by atoms with Crippen LogP contribution in [-0.4, -0.2) is 10.9 Å². The van der Waals surface area contributed by atoms with Crippen LogP contribution in [-0.2, 0) is 4.79 Å². The molecule has 0 saturated carbocycles. The van der Waals surface area contributed by atoms with E-state index >= 15 is 0 Å².